The van der Waals surface area contributed by atoms with Gasteiger partial charge in [0, 0.05) is 35.8 Å². The van der Waals surface area contributed by atoms with Gasteiger partial charge in [0.2, 0.25) is 5.88 Å². The predicted octanol–water partition coefficient (Wildman–Crippen LogP) is 12.8. The van der Waals surface area contributed by atoms with E-state index in [1.54, 1.807) is 0 Å². The molecule has 0 unspecified atom stereocenters. The van der Waals surface area contributed by atoms with E-state index in [0.29, 0.717) is 24.0 Å². The second kappa shape index (κ2) is 13.3. The van der Waals surface area contributed by atoms with Crippen molar-refractivity contribution in [1.82, 2.24) is 4.98 Å². The molecule has 51 heavy (non-hydrogen) atoms. The molecular formula is C46H47N3O2. The van der Waals surface area contributed by atoms with Crippen LogP contribution in [0, 0.1) is 13.8 Å². The minimum Gasteiger partial charge on any atom is -0.457 e. The van der Waals surface area contributed by atoms with E-state index in [4.69, 9.17) is 9.47 Å². The Bertz CT molecular complexity index is 2180. The summed E-state index contributed by atoms with van der Waals surface area (Å²) in [7, 11) is 0. The zero-order valence-electron chi connectivity index (χ0n) is 31.0. The van der Waals surface area contributed by atoms with Crippen molar-refractivity contribution < 1.29 is 9.47 Å². The first-order valence-electron chi connectivity index (χ1n) is 17.7. The Morgan fingerprint density at radius 3 is 1.71 bits per heavy atom. The zero-order valence-corrected chi connectivity index (χ0v) is 31.0. The van der Waals surface area contributed by atoms with Crippen molar-refractivity contribution in [3.05, 3.63) is 150 Å². The Hall–Kier alpha value is -5.55. The molecule has 7 rings (SSSR count). The number of para-hydroxylation sites is 1. The molecule has 0 saturated heterocycles. The van der Waals surface area contributed by atoms with E-state index < -0.39 is 0 Å². The Balaban J connectivity index is 1.30. The highest BCUT2D eigenvalue weighted by atomic mass is 16.5. The van der Waals surface area contributed by atoms with Crippen LogP contribution in [0.3, 0.4) is 0 Å². The normalized spacial score (nSPS) is 12.9. The Labute approximate surface area is 303 Å². The molecule has 0 radical (unpaired) electrons. The summed E-state index contributed by atoms with van der Waals surface area (Å²) in [6.07, 6.45) is 1.81. The molecule has 1 aromatic heterocycles. The number of hydrogen-bond donors (Lipinski definition) is 0. The number of pyridine rings is 1. The van der Waals surface area contributed by atoms with Crippen molar-refractivity contribution in [2.75, 3.05) is 16.5 Å². The van der Waals surface area contributed by atoms with Gasteiger partial charge in [0.15, 0.2) is 0 Å². The molecule has 2 heterocycles. The lowest BCUT2D eigenvalue weighted by atomic mass is 9.86. The summed E-state index contributed by atoms with van der Waals surface area (Å²) in [5, 5.41) is 0. The van der Waals surface area contributed by atoms with E-state index in [0.717, 1.165) is 28.1 Å². The number of aromatic nitrogens is 1. The minimum atomic E-state index is -0.108. The van der Waals surface area contributed by atoms with Crippen LogP contribution in [0.2, 0.25) is 0 Å². The minimum absolute atomic E-state index is 0.0253. The van der Waals surface area contributed by atoms with Crippen molar-refractivity contribution in [3.63, 3.8) is 0 Å². The Morgan fingerprint density at radius 2 is 1.08 bits per heavy atom. The van der Waals surface area contributed by atoms with Crippen LogP contribution in [0.4, 0.5) is 22.7 Å². The van der Waals surface area contributed by atoms with Gasteiger partial charge in [-0.25, -0.2) is 4.98 Å². The van der Waals surface area contributed by atoms with Crippen molar-refractivity contribution in [2.45, 2.75) is 66.2 Å². The van der Waals surface area contributed by atoms with Crippen LogP contribution < -0.4 is 19.3 Å². The van der Waals surface area contributed by atoms with Gasteiger partial charge in [-0.2, -0.15) is 0 Å². The second-order valence-corrected chi connectivity index (χ2v) is 15.6. The molecule has 0 spiro atoms. The third-order valence-corrected chi connectivity index (χ3v) is 9.64. The van der Waals surface area contributed by atoms with Gasteiger partial charge in [-0.05, 0) is 113 Å². The highest BCUT2D eigenvalue weighted by Crippen LogP contribution is 2.47. The number of benzene rings is 5. The highest BCUT2D eigenvalue weighted by Gasteiger charge is 2.30. The fraction of sp³-hybridized carbons (Fsp3) is 0.239. The Kier molecular flexibility index (Phi) is 8.84. The van der Waals surface area contributed by atoms with Gasteiger partial charge in [0.25, 0.3) is 0 Å². The molecule has 258 valence electrons. The first-order chi connectivity index (χ1) is 24.3. The van der Waals surface area contributed by atoms with Gasteiger partial charge < -0.3 is 19.3 Å². The van der Waals surface area contributed by atoms with Gasteiger partial charge in [0.1, 0.15) is 23.9 Å². The first-order valence-corrected chi connectivity index (χ1v) is 17.7. The number of rotatable bonds is 7. The fourth-order valence-electron chi connectivity index (χ4n) is 6.47. The molecule has 5 heteroatoms. The van der Waals surface area contributed by atoms with E-state index >= 15 is 0 Å². The molecule has 5 aromatic carbocycles. The van der Waals surface area contributed by atoms with Gasteiger partial charge in [0.05, 0.1) is 11.4 Å². The summed E-state index contributed by atoms with van der Waals surface area (Å²) in [6.45, 7) is 18.4. The van der Waals surface area contributed by atoms with Crippen LogP contribution in [-0.4, -0.2) is 11.7 Å². The van der Waals surface area contributed by atoms with Gasteiger partial charge in [-0.15, -0.1) is 0 Å². The molecule has 0 N–H and O–H groups in total. The number of aryl methyl sites for hydroxylation is 2. The van der Waals surface area contributed by atoms with Crippen molar-refractivity contribution >= 4 is 22.7 Å². The SMILES string of the molecule is Cc1cc2c(cc1C)N(c1cc(Oc3cc(Oc4cc(C(C)(C)C)ccn4)cc(-c4ccccc4)c3)cc(C(C)(C)C)c1)CN2c1ccccc1. The first kappa shape index (κ1) is 33.9. The third kappa shape index (κ3) is 7.34. The van der Waals surface area contributed by atoms with Crippen LogP contribution in [0.25, 0.3) is 11.1 Å². The molecule has 0 amide bonds. The average molecular weight is 674 g/mol. The molecular weight excluding hydrogens is 627 g/mol. The van der Waals surface area contributed by atoms with Crippen molar-refractivity contribution in [3.8, 4) is 34.3 Å². The largest absolute Gasteiger partial charge is 0.457 e. The van der Waals surface area contributed by atoms with E-state index in [1.807, 2.05) is 48.7 Å². The predicted molar refractivity (Wildman–Crippen MR) is 212 cm³/mol. The monoisotopic (exact) mass is 673 g/mol. The van der Waals surface area contributed by atoms with E-state index in [-0.39, 0.29) is 10.8 Å². The summed E-state index contributed by atoms with van der Waals surface area (Å²) in [5.74, 6) is 2.67. The fourth-order valence-corrected chi connectivity index (χ4v) is 6.47. The van der Waals surface area contributed by atoms with Crippen LogP contribution in [0.15, 0.2) is 128 Å². The molecule has 0 bridgehead atoms. The lowest BCUT2D eigenvalue weighted by molar-refractivity contribution is 0.446. The number of fused-ring (bicyclic) bond motifs is 1. The van der Waals surface area contributed by atoms with Crippen molar-refractivity contribution in [2.24, 2.45) is 0 Å². The van der Waals surface area contributed by atoms with E-state index in [1.165, 1.54) is 33.8 Å². The molecule has 0 aliphatic carbocycles. The van der Waals surface area contributed by atoms with Crippen LogP contribution in [-0.2, 0) is 10.8 Å². The smallest absolute Gasteiger partial charge is 0.219 e. The molecule has 0 atom stereocenters. The second-order valence-electron chi connectivity index (χ2n) is 15.6. The average Bonchev–Trinajstić information content (AvgIpc) is 3.46. The summed E-state index contributed by atoms with van der Waals surface area (Å²) in [5.41, 5.74) is 11.5. The molecule has 0 fully saturated rings. The van der Waals surface area contributed by atoms with Crippen LogP contribution in [0.5, 0.6) is 23.1 Å². The van der Waals surface area contributed by atoms with Crippen LogP contribution in [0.1, 0.15) is 63.8 Å². The number of hydrogen-bond acceptors (Lipinski definition) is 5. The molecule has 6 aromatic rings. The lowest BCUT2D eigenvalue weighted by Gasteiger charge is -2.26. The highest BCUT2D eigenvalue weighted by molar-refractivity contribution is 5.88. The zero-order chi connectivity index (χ0) is 35.9. The van der Waals surface area contributed by atoms with Crippen LogP contribution >= 0.6 is 0 Å². The third-order valence-electron chi connectivity index (χ3n) is 9.64. The summed E-state index contributed by atoms with van der Waals surface area (Å²) >= 11 is 0. The van der Waals surface area contributed by atoms with E-state index in [9.17, 15) is 0 Å². The van der Waals surface area contributed by atoms with Gasteiger partial charge in [-0.3, -0.25) is 0 Å². The standard InChI is InChI=1S/C46H47N3O2/c1-31-21-42-43(22-32(31)2)49(30-48(42)37-17-13-10-14-18-37)38-25-36(46(6,7)8)26-41(28-38)50-39-23-34(33-15-11-9-12-16-33)24-40(29-39)51-44-27-35(19-20-47-44)45(3,4)5/h9-29H,30H2,1-8H3. The van der Waals surface area contributed by atoms with E-state index in [2.05, 4.69) is 149 Å². The molecule has 0 saturated carbocycles. The van der Waals surface area contributed by atoms with Gasteiger partial charge >= 0.3 is 0 Å². The topological polar surface area (TPSA) is 37.8 Å². The Morgan fingerprint density at radius 1 is 0.510 bits per heavy atom. The van der Waals surface area contributed by atoms with Gasteiger partial charge in [-0.1, -0.05) is 90.1 Å². The number of anilines is 4. The molecule has 5 nitrogen and oxygen atoms in total. The number of nitrogens with zero attached hydrogens (tertiary/aromatic N) is 3. The molecule has 1 aliphatic rings. The lowest BCUT2D eigenvalue weighted by Crippen LogP contribution is -2.24. The quantitative estimate of drug-likeness (QED) is 0.169. The maximum absolute atomic E-state index is 6.83. The molecule has 1 aliphatic heterocycles. The number of ether oxygens (including phenoxy) is 2. The maximum Gasteiger partial charge on any atom is 0.219 e. The maximum atomic E-state index is 6.83. The van der Waals surface area contributed by atoms with Crippen molar-refractivity contribution in [1.29, 1.82) is 0 Å². The summed E-state index contributed by atoms with van der Waals surface area (Å²) in [4.78, 5) is 9.34. The summed E-state index contributed by atoms with van der Waals surface area (Å²) < 4.78 is 13.3. The summed E-state index contributed by atoms with van der Waals surface area (Å²) in [6, 6.07) is 42.4.